The summed E-state index contributed by atoms with van der Waals surface area (Å²) in [6.45, 7) is 1.36. The largest absolute Gasteiger partial charge is 0.481 e. The zero-order chi connectivity index (χ0) is 25.7. The molecule has 1 saturated heterocycles. The number of ether oxygens (including phenoxy) is 1. The summed E-state index contributed by atoms with van der Waals surface area (Å²) in [5.74, 6) is -0.0404. The molecule has 1 saturated carbocycles. The lowest BCUT2D eigenvalue weighted by atomic mass is 9.66. The van der Waals surface area contributed by atoms with Gasteiger partial charge in [0, 0.05) is 24.8 Å². The summed E-state index contributed by atoms with van der Waals surface area (Å²) in [5, 5.41) is 28.1. The van der Waals surface area contributed by atoms with Gasteiger partial charge >= 0.3 is 12.1 Å². The number of aromatic amines is 1. The molecule has 5 rings (SSSR count). The average Bonchev–Trinajstić information content (AvgIpc) is 3.24. The standard InChI is InChI=1S/C24H25F3N4O5/c25-24(26,27)14-2-3-17-18(9-14)30-20(29-17)13-1-4-19(28-12-13)31-7-5-15(6-8-31)36-16-10-23(11-16,21(32)33)22(34)35/h1-4,9,12,15-16,21,32-33H,5-8,10-11H2,(H,29,30)(H,34,35). The summed E-state index contributed by atoms with van der Waals surface area (Å²) < 4.78 is 44.9. The Hall–Kier alpha value is -3.22. The number of rotatable bonds is 6. The molecule has 9 nitrogen and oxygen atoms in total. The van der Waals surface area contributed by atoms with Crippen molar-refractivity contribution in [1.82, 2.24) is 15.0 Å². The van der Waals surface area contributed by atoms with Crippen LogP contribution >= 0.6 is 0 Å². The fraction of sp³-hybridized carbons (Fsp3) is 0.458. The number of aliphatic hydroxyl groups excluding tert-OH is 1. The number of carboxylic acids is 1. The van der Waals surface area contributed by atoms with E-state index in [0.29, 0.717) is 48.4 Å². The number of aliphatic hydroxyl groups is 2. The maximum Gasteiger partial charge on any atom is 0.416 e. The Morgan fingerprint density at radius 3 is 2.44 bits per heavy atom. The molecule has 0 atom stereocenters. The van der Waals surface area contributed by atoms with Crippen molar-refractivity contribution in [3.8, 4) is 11.4 Å². The molecule has 0 bridgehead atoms. The van der Waals surface area contributed by atoms with E-state index in [1.165, 1.54) is 6.07 Å². The molecular formula is C24H25F3N4O5. The normalized spacial score (nSPS) is 23.3. The molecule has 0 radical (unpaired) electrons. The second-order valence-corrected chi connectivity index (χ2v) is 9.41. The Bertz CT molecular complexity index is 1250. The second-order valence-electron chi connectivity index (χ2n) is 9.41. The Morgan fingerprint density at radius 1 is 1.14 bits per heavy atom. The molecule has 12 heteroatoms. The number of nitrogens with one attached hydrogen (secondary N) is 1. The topological polar surface area (TPSA) is 132 Å². The van der Waals surface area contributed by atoms with Crippen LogP contribution in [0.25, 0.3) is 22.4 Å². The van der Waals surface area contributed by atoms with E-state index in [-0.39, 0.29) is 25.0 Å². The molecule has 0 amide bonds. The number of pyridine rings is 1. The van der Waals surface area contributed by atoms with Gasteiger partial charge in [-0.2, -0.15) is 13.2 Å². The highest BCUT2D eigenvalue weighted by Gasteiger charge is 2.56. The van der Waals surface area contributed by atoms with Gasteiger partial charge in [0.05, 0.1) is 28.8 Å². The molecule has 0 unspecified atom stereocenters. The highest BCUT2D eigenvalue weighted by atomic mass is 19.4. The van der Waals surface area contributed by atoms with Gasteiger partial charge in [0.15, 0.2) is 6.29 Å². The molecule has 1 aliphatic carbocycles. The molecule has 192 valence electrons. The van der Waals surface area contributed by atoms with Crippen LogP contribution in [-0.2, 0) is 15.7 Å². The number of hydrogen-bond donors (Lipinski definition) is 4. The molecule has 1 aliphatic heterocycles. The molecule has 3 heterocycles. The van der Waals surface area contributed by atoms with E-state index in [0.717, 1.165) is 18.0 Å². The van der Waals surface area contributed by atoms with Crippen LogP contribution in [0.1, 0.15) is 31.2 Å². The third-order valence-corrected chi connectivity index (χ3v) is 7.09. The van der Waals surface area contributed by atoms with Crippen molar-refractivity contribution in [1.29, 1.82) is 0 Å². The fourth-order valence-electron chi connectivity index (χ4n) is 4.87. The van der Waals surface area contributed by atoms with Crippen LogP contribution in [0.15, 0.2) is 36.5 Å². The maximum atomic E-state index is 13.0. The number of piperidine rings is 1. The van der Waals surface area contributed by atoms with Crippen molar-refractivity contribution < 1.29 is 38.0 Å². The van der Waals surface area contributed by atoms with Gasteiger partial charge in [-0.05, 0) is 56.0 Å². The van der Waals surface area contributed by atoms with Crippen LogP contribution in [0.5, 0.6) is 0 Å². The van der Waals surface area contributed by atoms with Crippen LogP contribution in [0.3, 0.4) is 0 Å². The molecule has 1 aromatic carbocycles. The minimum Gasteiger partial charge on any atom is -0.481 e. The number of benzene rings is 1. The molecule has 4 N–H and O–H groups in total. The summed E-state index contributed by atoms with van der Waals surface area (Å²) >= 11 is 0. The van der Waals surface area contributed by atoms with Crippen molar-refractivity contribution in [2.75, 3.05) is 18.0 Å². The van der Waals surface area contributed by atoms with E-state index in [2.05, 4.69) is 19.9 Å². The number of nitrogens with zero attached hydrogens (tertiary/aromatic N) is 3. The molecule has 2 fully saturated rings. The van der Waals surface area contributed by atoms with E-state index in [9.17, 15) is 33.3 Å². The molecule has 3 aromatic rings. The van der Waals surface area contributed by atoms with Gasteiger partial charge in [-0.3, -0.25) is 4.79 Å². The first-order valence-corrected chi connectivity index (χ1v) is 11.6. The summed E-state index contributed by atoms with van der Waals surface area (Å²) in [7, 11) is 0. The zero-order valence-electron chi connectivity index (χ0n) is 19.1. The molecule has 0 spiro atoms. The van der Waals surface area contributed by atoms with Gasteiger partial charge in [-0.25, -0.2) is 9.97 Å². The van der Waals surface area contributed by atoms with Crippen molar-refractivity contribution in [2.45, 2.75) is 50.4 Å². The minimum absolute atomic E-state index is 0.0507. The number of fused-ring (bicyclic) bond motifs is 1. The number of hydrogen-bond acceptors (Lipinski definition) is 7. The first-order chi connectivity index (χ1) is 17.0. The monoisotopic (exact) mass is 506 g/mol. The number of carboxylic acid groups (broad SMARTS) is 1. The van der Waals surface area contributed by atoms with Gasteiger partial charge in [0.1, 0.15) is 17.1 Å². The summed E-state index contributed by atoms with van der Waals surface area (Å²) in [6.07, 6.45) is -3.50. The van der Waals surface area contributed by atoms with E-state index >= 15 is 0 Å². The van der Waals surface area contributed by atoms with Gasteiger partial charge in [-0.1, -0.05) is 0 Å². The van der Waals surface area contributed by atoms with Crippen LogP contribution in [0.2, 0.25) is 0 Å². The number of aliphatic carboxylic acids is 1. The van der Waals surface area contributed by atoms with Crippen molar-refractivity contribution in [3.05, 3.63) is 42.1 Å². The van der Waals surface area contributed by atoms with Gasteiger partial charge in [0.2, 0.25) is 0 Å². The Morgan fingerprint density at radius 2 is 1.86 bits per heavy atom. The molecule has 36 heavy (non-hydrogen) atoms. The third kappa shape index (κ3) is 4.51. The quantitative estimate of drug-likeness (QED) is 0.375. The number of carbonyl (C=O) groups is 1. The predicted octanol–water partition coefficient (Wildman–Crippen LogP) is 3.17. The number of anilines is 1. The lowest BCUT2D eigenvalue weighted by molar-refractivity contribution is -0.229. The number of halogens is 3. The van der Waals surface area contributed by atoms with E-state index < -0.39 is 29.4 Å². The summed E-state index contributed by atoms with van der Waals surface area (Å²) in [6, 6.07) is 7.03. The smallest absolute Gasteiger partial charge is 0.416 e. The van der Waals surface area contributed by atoms with Gasteiger partial charge < -0.3 is 29.9 Å². The lowest BCUT2D eigenvalue weighted by Crippen LogP contribution is -2.56. The van der Waals surface area contributed by atoms with Crippen LogP contribution in [-0.4, -0.2) is 67.8 Å². The predicted molar refractivity (Wildman–Crippen MR) is 122 cm³/mol. The van der Waals surface area contributed by atoms with Gasteiger partial charge in [0.25, 0.3) is 0 Å². The Balaban J connectivity index is 1.17. The Labute approximate surface area is 203 Å². The average molecular weight is 506 g/mol. The minimum atomic E-state index is -4.43. The van der Waals surface area contributed by atoms with E-state index in [4.69, 9.17) is 4.74 Å². The third-order valence-electron chi connectivity index (χ3n) is 7.09. The maximum absolute atomic E-state index is 13.0. The summed E-state index contributed by atoms with van der Waals surface area (Å²) in [5.41, 5.74) is -0.899. The van der Waals surface area contributed by atoms with E-state index in [1.807, 2.05) is 12.1 Å². The van der Waals surface area contributed by atoms with Crippen LogP contribution < -0.4 is 4.90 Å². The van der Waals surface area contributed by atoms with Gasteiger partial charge in [-0.15, -0.1) is 0 Å². The highest BCUT2D eigenvalue weighted by Crippen LogP contribution is 2.46. The second kappa shape index (κ2) is 9.02. The Kier molecular flexibility index (Phi) is 6.13. The van der Waals surface area contributed by atoms with Crippen molar-refractivity contribution in [3.63, 3.8) is 0 Å². The zero-order valence-corrected chi connectivity index (χ0v) is 19.1. The first-order valence-electron chi connectivity index (χ1n) is 11.6. The molecular weight excluding hydrogens is 481 g/mol. The highest BCUT2D eigenvalue weighted by molar-refractivity contribution is 5.80. The van der Waals surface area contributed by atoms with Crippen LogP contribution in [0.4, 0.5) is 19.0 Å². The molecule has 2 aromatic heterocycles. The number of alkyl halides is 3. The molecule has 2 aliphatic rings. The van der Waals surface area contributed by atoms with E-state index in [1.54, 1.807) is 6.20 Å². The number of aromatic nitrogens is 3. The SMILES string of the molecule is O=C(O)C1(C(O)O)CC(OC2CCN(c3ccc(-c4nc5ccc(C(F)(F)F)cc5[nH]4)cn3)CC2)C1. The number of H-pyrrole nitrogens is 1. The van der Waals surface area contributed by atoms with Crippen molar-refractivity contribution >= 4 is 22.8 Å². The summed E-state index contributed by atoms with van der Waals surface area (Å²) in [4.78, 5) is 25.3. The lowest BCUT2D eigenvalue weighted by Gasteiger charge is -2.46. The van der Waals surface area contributed by atoms with Crippen molar-refractivity contribution in [2.24, 2.45) is 5.41 Å². The number of imidazole rings is 1. The van der Waals surface area contributed by atoms with Crippen LogP contribution in [0, 0.1) is 5.41 Å². The first kappa shape index (κ1) is 24.5. The fourth-order valence-corrected chi connectivity index (χ4v) is 4.87.